The average molecular weight is 544 g/mol. The van der Waals surface area contributed by atoms with Crippen LogP contribution in [0.1, 0.15) is 37.7 Å². The number of carbonyl (C=O) groups is 1. The highest BCUT2D eigenvalue weighted by molar-refractivity contribution is 7.09. The monoisotopic (exact) mass is 543 g/mol. The van der Waals surface area contributed by atoms with E-state index in [2.05, 4.69) is 10.3 Å². The van der Waals surface area contributed by atoms with Crippen molar-refractivity contribution < 1.29 is 27.1 Å². The van der Waals surface area contributed by atoms with Crippen LogP contribution in [0.2, 0.25) is 0 Å². The second-order valence-corrected chi connectivity index (χ2v) is 9.57. The summed E-state index contributed by atoms with van der Waals surface area (Å²) < 4.78 is 58.0. The summed E-state index contributed by atoms with van der Waals surface area (Å²) in [5.41, 5.74) is 1.76. The molecule has 0 saturated carbocycles. The Morgan fingerprint density at radius 3 is 2.32 bits per heavy atom. The fourth-order valence-corrected chi connectivity index (χ4v) is 4.63. The molecular formula is C28H25F4N3O2S. The number of aromatic nitrogens is 1. The van der Waals surface area contributed by atoms with Crippen LogP contribution in [0, 0.1) is 5.82 Å². The second kappa shape index (κ2) is 12.2. The van der Waals surface area contributed by atoms with Gasteiger partial charge in [-0.2, -0.15) is 13.2 Å². The number of methoxy groups -OCH3 is 1. The SMILES string of the molecule is COc1ccc(CN(Cc2cccc(C(F)(F)F)c2)Cc2nc(C(=O)NCc3ccc(F)cc3)cs2)cc1. The van der Waals surface area contributed by atoms with Gasteiger partial charge in [0.15, 0.2) is 0 Å². The Bertz CT molecular complexity index is 1360. The first-order valence-electron chi connectivity index (χ1n) is 11.7. The molecule has 1 N–H and O–H groups in total. The summed E-state index contributed by atoms with van der Waals surface area (Å²) in [6.07, 6.45) is -4.43. The molecule has 3 aromatic carbocycles. The molecule has 4 aromatic rings. The molecule has 0 unspecified atom stereocenters. The summed E-state index contributed by atoms with van der Waals surface area (Å²) in [6.45, 7) is 1.26. The van der Waals surface area contributed by atoms with E-state index in [0.717, 1.165) is 23.3 Å². The van der Waals surface area contributed by atoms with Gasteiger partial charge >= 0.3 is 6.18 Å². The van der Waals surface area contributed by atoms with Crippen LogP contribution in [0.15, 0.2) is 78.2 Å². The summed E-state index contributed by atoms with van der Waals surface area (Å²) in [5.74, 6) is -0.0145. The lowest BCUT2D eigenvalue weighted by atomic mass is 10.1. The lowest BCUT2D eigenvalue weighted by Crippen LogP contribution is -2.24. The number of amides is 1. The molecule has 1 aromatic heterocycles. The van der Waals surface area contributed by atoms with Crippen molar-refractivity contribution in [1.29, 1.82) is 0 Å². The van der Waals surface area contributed by atoms with Gasteiger partial charge in [-0.15, -0.1) is 11.3 Å². The molecule has 4 rings (SSSR count). The number of ether oxygens (including phenoxy) is 1. The molecule has 10 heteroatoms. The molecule has 0 aliphatic carbocycles. The van der Waals surface area contributed by atoms with Gasteiger partial charge in [0.1, 0.15) is 22.3 Å². The first kappa shape index (κ1) is 27.3. The van der Waals surface area contributed by atoms with E-state index in [1.807, 2.05) is 29.2 Å². The first-order chi connectivity index (χ1) is 18.2. The number of alkyl halides is 3. The maximum Gasteiger partial charge on any atom is 0.416 e. The van der Waals surface area contributed by atoms with Gasteiger partial charge in [0.2, 0.25) is 0 Å². The summed E-state index contributed by atoms with van der Waals surface area (Å²) in [6, 6.07) is 18.5. The van der Waals surface area contributed by atoms with Gasteiger partial charge < -0.3 is 10.1 Å². The van der Waals surface area contributed by atoms with E-state index in [-0.39, 0.29) is 30.5 Å². The number of halogens is 4. The summed E-state index contributed by atoms with van der Waals surface area (Å²) in [4.78, 5) is 19.0. The van der Waals surface area contributed by atoms with Gasteiger partial charge in [0.25, 0.3) is 5.91 Å². The number of thiazole rings is 1. The zero-order chi connectivity index (χ0) is 27.1. The van der Waals surface area contributed by atoms with Crippen LogP contribution in [-0.4, -0.2) is 22.9 Å². The smallest absolute Gasteiger partial charge is 0.416 e. The number of nitrogens with zero attached hydrogens (tertiary/aromatic N) is 2. The zero-order valence-electron chi connectivity index (χ0n) is 20.5. The Balaban J connectivity index is 1.47. The number of carbonyl (C=O) groups excluding carboxylic acids is 1. The Morgan fingerprint density at radius 1 is 0.947 bits per heavy atom. The average Bonchev–Trinajstić information content (AvgIpc) is 3.37. The molecule has 0 bridgehead atoms. The molecule has 0 saturated heterocycles. The number of benzene rings is 3. The van der Waals surface area contributed by atoms with Gasteiger partial charge in [0, 0.05) is 25.0 Å². The largest absolute Gasteiger partial charge is 0.497 e. The van der Waals surface area contributed by atoms with Crippen molar-refractivity contribution in [3.8, 4) is 5.75 Å². The minimum atomic E-state index is -4.43. The zero-order valence-corrected chi connectivity index (χ0v) is 21.3. The van der Waals surface area contributed by atoms with Crippen molar-refractivity contribution in [2.24, 2.45) is 0 Å². The fraction of sp³-hybridized carbons (Fsp3) is 0.214. The summed E-state index contributed by atoms with van der Waals surface area (Å²) in [7, 11) is 1.57. The molecule has 0 atom stereocenters. The van der Waals surface area contributed by atoms with E-state index < -0.39 is 11.7 Å². The second-order valence-electron chi connectivity index (χ2n) is 8.63. The number of rotatable bonds is 10. The quantitative estimate of drug-likeness (QED) is 0.234. The van der Waals surface area contributed by atoms with Crippen molar-refractivity contribution in [3.63, 3.8) is 0 Å². The van der Waals surface area contributed by atoms with Gasteiger partial charge in [0.05, 0.1) is 19.2 Å². The topological polar surface area (TPSA) is 54.5 Å². The third-order valence-corrected chi connectivity index (χ3v) is 6.57. The van der Waals surface area contributed by atoms with Crippen molar-refractivity contribution in [2.75, 3.05) is 7.11 Å². The van der Waals surface area contributed by atoms with Crippen LogP contribution < -0.4 is 10.1 Å². The number of hydrogen-bond acceptors (Lipinski definition) is 5. The Kier molecular flexibility index (Phi) is 8.75. The normalized spacial score (nSPS) is 11.5. The molecular weight excluding hydrogens is 518 g/mol. The Morgan fingerprint density at radius 2 is 1.63 bits per heavy atom. The lowest BCUT2D eigenvalue weighted by Gasteiger charge is -2.22. The van der Waals surface area contributed by atoms with E-state index in [1.54, 1.807) is 30.7 Å². The fourth-order valence-electron chi connectivity index (χ4n) is 3.82. The molecule has 0 spiro atoms. The van der Waals surface area contributed by atoms with Gasteiger partial charge in [-0.3, -0.25) is 9.69 Å². The van der Waals surface area contributed by atoms with Gasteiger partial charge in [-0.1, -0.05) is 42.5 Å². The highest BCUT2D eigenvalue weighted by atomic mass is 32.1. The van der Waals surface area contributed by atoms with E-state index in [9.17, 15) is 22.4 Å². The molecule has 1 amide bonds. The first-order valence-corrected chi connectivity index (χ1v) is 12.6. The van der Waals surface area contributed by atoms with E-state index in [0.29, 0.717) is 29.4 Å². The third kappa shape index (κ3) is 7.62. The van der Waals surface area contributed by atoms with Crippen molar-refractivity contribution in [1.82, 2.24) is 15.2 Å². The van der Waals surface area contributed by atoms with Crippen molar-refractivity contribution >= 4 is 17.2 Å². The van der Waals surface area contributed by atoms with Crippen LogP contribution in [-0.2, 0) is 32.4 Å². The summed E-state index contributed by atoms with van der Waals surface area (Å²) >= 11 is 1.30. The van der Waals surface area contributed by atoms with Crippen LogP contribution in [0.25, 0.3) is 0 Å². The third-order valence-electron chi connectivity index (χ3n) is 5.74. The number of hydrogen-bond donors (Lipinski definition) is 1. The van der Waals surface area contributed by atoms with Crippen LogP contribution in [0.3, 0.4) is 0 Å². The predicted molar refractivity (Wildman–Crippen MR) is 137 cm³/mol. The van der Waals surface area contributed by atoms with Crippen LogP contribution >= 0.6 is 11.3 Å². The molecule has 198 valence electrons. The van der Waals surface area contributed by atoms with Crippen LogP contribution in [0.5, 0.6) is 5.75 Å². The molecule has 1 heterocycles. The van der Waals surface area contributed by atoms with E-state index in [1.165, 1.54) is 29.5 Å². The molecule has 5 nitrogen and oxygen atoms in total. The number of nitrogens with one attached hydrogen (secondary N) is 1. The minimum absolute atomic E-state index is 0.227. The van der Waals surface area contributed by atoms with E-state index >= 15 is 0 Å². The van der Waals surface area contributed by atoms with Crippen molar-refractivity contribution in [2.45, 2.75) is 32.4 Å². The van der Waals surface area contributed by atoms with Crippen molar-refractivity contribution in [3.05, 3.63) is 117 Å². The molecule has 0 radical (unpaired) electrons. The standard InChI is InChI=1S/C28H25F4N3O2S/c1-37-24-11-7-20(8-12-24)15-35(16-21-3-2-4-22(13-21)28(30,31)32)17-26-34-25(18-38-26)27(36)33-14-19-5-9-23(29)10-6-19/h2-13,18H,14-17H2,1H3,(H,33,36). The van der Waals surface area contributed by atoms with Crippen LogP contribution in [0.4, 0.5) is 17.6 Å². The Labute approximate surface area is 221 Å². The summed E-state index contributed by atoms with van der Waals surface area (Å²) in [5, 5.41) is 5.06. The Hall–Kier alpha value is -3.76. The molecule has 0 aliphatic heterocycles. The highest BCUT2D eigenvalue weighted by Crippen LogP contribution is 2.30. The molecule has 38 heavy (non-hydrogen) atoms. The maximum atomic E-state index is 13.2. The van der Waals surface area contributed by atoms with E-state index in [4.69, 9.17) is 4.74 Å². The van der Waals surface area contributed by atoms with Gasteiger partial charge in [-0.25, -0.2) is 9.37 Å². The predicted octanol–water partition coefficient (Wildman–Crippen LogP) is 6.44. The highest BCUT2D eigenvalue weighted by Gasteiger charge is 2.30. The van der Waals surface area contributed by atoms with Gasteiger partial charge in [-0.05, 0) is 47.0 Å². The molecule has 0 aliphatic rings. The minimum Gasteiger partial charge on any atom is -0.497 e. The molecule has 0 fully saturated rings. The lowest BCUT2D eigenvalue weighted by molar-refractivity contribution is -0.137. The maximum absolute atomic E-state index is 13.2.